The second-order valence-electron chi connectivity index (χ2n) is 6.64. The van der Waals surface area contributed by atoms with Crippen LogP contribution < -0.4 is 10.1 Å². The summed E-state index contributed by atoms with van der Waals surface area (Å²) in [7, 11) is 0. The van der Waals surface area contributed by atoms with Crippen LogP contribution in [0.25, 0.3) is 6.08 Å². The molecule has 0 aliphatic carbocycles. The molecular weight excluding hydrogens is 352 g/mol. The second-order valence-corrected chi connectivity index (χ2v) is 7.08. The van der Waals surface area contributed by atoms with Crippen molar-refractivity contribution in [3.63, 3.8) is 0 Å². The number of aryl methyl sites for hydroxylation is 1. The van der Waals surface area contributed by atoms with Crippen molar-refractivity contribution < 1.29 is 9.53 Å². The van der Waals surface area contributed by atoms with Crippen molar-refractivity contribution >= 4 is 23.6 Å². The Hall–Kier alpha value is -2.34. The van der Waals surface area contributed by atoms with Crippen LogP contribution in [0, 0.1) is 0 Å². The van der Waals surface area contributed by atoms with Gasteiger partial charge in [-0.15, -0.1) is 10.2 Å². The first-order valence-electron chi connectivity index (χ1n) is 9.03. The average Bonchev–Trinajstić information content (AvgIpc) is 2.87. The Bertz CT molecular complexity index is 859. The first-order chi connectivity index (χ1) is 12.7. The monoisotopic (exact) mass is 372 g/mol. The second kappa shape index (κ2) is 7.50. The van der Waals surface area contributed by atoms with Gasteiger partial charge in [-0.2, -0.15) is 0 Å². The standard InChI is InChI=1S/C19H21ClN4O2/c20-15-5-6-16-13(11-15)10-14(12-26-16)19(25)21-8-7-18-23-22-17-4-2-1-3-9-24(17)18/h5-6,10-11H,1-4,7-9,12H2,(H,21,25). The number of hydrogen-bond acceptors (Lipinski definition) is 4. The number of amides is 1. The summed E-state index contributed by atoms with van der Waals surface area (Å²) in [5.74, 6) is 2.65. The van der Waals surface area contributed by atoms with Gasteiger partial charge in [0.15, 0.2) is 0 Å². The van der Waals surface area contributed by atoms with Gasteiger partial charge in [0, 0.05) is 36.5 Å². The Morgan fingerprint density at radius 2 is 2.19 bits per heavy atom. The van der Waals surface area contributed by atoms with Crippen molar-refractivity contribution in [1.29, 1.82) is 0 Å². The molecule has 2 aliphatic heterocycles. The molecule has 0 unspecified atom stereocenters. The molecule has 0 fully saturated rings. The van der Waals surface area contributed by atoms with Gasteiger partial charge in [0.05, 0.1) is 5.57 Å². The van der Waals surface area contributed by atoms with E-state index in [-0.39, 0.29) is 12.5 Å². The van der Waals surface area contributed by atoms with Crippen LogP contribution >= 0.6 is 11.6 Å². The van der Waals surface area contributed by atoms with E-state index in [1.807, 2.05) is 12.1 Å². The van der Waals surface area contributed by atoms with Crippen molar-refractivity contribution in [2.24, 2.45) is 0 Å². The Kier molecular flexibility index (Phi) is 4.93. The molecule has 2 aliphatic rings. The summed E-state index contributed by atoms with van der Waals surface area (Å²) in [6, 6.07) is 5.40. The third-order valence-corrected chi connectivity index (χ3v) is 5.03. The molecule has 1 amide bonds. The van der Waals surface area contributed by atoms with Gasteiger partial charge in [0.2, 0.25) is 0 Å². The zero-order chi connectivity index (χ0) is 17.9. The minimum atomic E-state index is -0.119. The first-order valence-corrected chi connectivity index (χ1v) is 9.40. The molecule has 0 radical (unpaired) electrons. The Morgan fingerprint density at radius 3 is 3.12 bits per heavy atom. The molecule has 0 saturated carbocycles. The SMILES string of the molecule is O=C(NCCc1nnc2n1CCCCC2)C1=Cc2cc(Cl)ccc2OC1. The van der Waals surface area contributed by atoms with Crippen LogP contribution in [0.2, 0.25) is 5.02 Å². The van der Waals surface area contributed by atoms with E-state index in [2.05, 4.69) is 20.1 Å². The maximum Gasteiger partial charge on any atom is 0.250 e. The number of benzene rings is 1. The number of carbonyl (C=O) groups excluding carboxylic acids is 1. The maximum absolute atomic E-state index is 12.4. The summed E-state index contributed by atoms with van der Waals surface area (Å²) < 4.78 is 7.85. The minimum absolute atomic E-state index is 0.119. The highest BCUT2D eigenvalue weighted by Gasteiger charge is 2.18. The van der Waals surface area contributed by atoms with Crippen LogP contribution in [0.15, 0.2) is 23.8 Å². The van der Waals surface area contributed by atoms with Crippen molar-refractivity contribution in [1.82, 2.24) is 20.1 Å². The highest BCUT2D eigenvalue weighted by molar-refractivity contribution is 6.30. The van der Waals surface area contributed by atoms with Crippen LogP contribution in [-0.4, -0.2) is 33.8 Å². The van der Waals surface area contributed by atoms with E-state index in [4.69, 9.17) is 16.3 Å². The lowest BCUT2D eigenvalue weighted by atomic mass is 10.1. The predicted octanol–water partition coefficient (Wildman–Crippen LogP) is 2.79. The first kappa shape index (κ1) is 17.1. The number of nitrogens with one attached hydrogen (secondary N) is 1. The van der Waals surface area contributed by atoms with Gasteiger partial charge in [0.25, 0.3) is 5.91 Å². The highest BCUT2D eigenvalue weighted by atomic mass is 35.5. The lowest BCUT2D eigenvalue weighted by molar-refractivity contribution is -0.117. The fourth-order valence-electron chi connectivity index (χ4n) is 3.41. The molecule has 1 N–H and O–H groups in total. The van der Waals surface area contributed by atoms with Gasteiger partial charge in [-0.1, -0.05) is 18.0 Å². The molecule has 1 aromatic carbocycles. The molecule has 0 bridgehead atoms. The summed E-state index contributed by atoms with van der Waals surface area (Å²) in [5.41, 5.74) is 1.43. The van der Waals surface area contributed by atoms with E-state index < -0.39 is 0 Å². The van der Waals surface area contributed by atoms with E-state index in [0.29, 0.717) is 23.6 Å². The fraction of sp³-hybridized carbons (Fsp3) is 0.421. The van der Waals surface area contributed by atoms with E-state index >= 15 is 0 Å². The highest BCUT2D eigenvalue weighted by Crippen LogP contribution is 2.28. The zero-order valence-corrected chi connectivity index (χ0v) is 15.3. The van der Waals surface area contributed by atoms with Crippen molar-refractivity contribution in [3.8, 4) is 5.75 Å². The van der Waals surface area contributed by atoms with E-state index in [1.54, 1.807) is 12.1 Å². The molecule has 4 rings (SSSR count). The molecule has 26 heavy (non-hydrogen) atoms. The smallest absolute Gasteiger partial charge is 0.250 e. The summed E-state index contributed by atoms with van der Waals surface area (Å²) in [4.78, 5) is 12.4. The molecular formula is C19H21ClN4O2. The number of aromatic nitrogens is 3. The van der Waals surface area contributed by atoms with Gasteiger partial charge in [-0.3, -0.25) is 4.79 Å². The number of halogens is 1. The minimum Gasteiger partial charge on any atom is -0.488 e. The molecule has 0 spiro atoms. The van der Waals surface area contributed by atoms with Gasteiger partial charge in [-0.05, 0) is 37.1 Å². The maximum atomic E-state index is 12.4. The molecule has 2 aromatic rings. The van der Waals surface area contributed by atoms with Crippen LogP contribution in [0.1, 0.15) is 36.5 Å². The number of ether oxygens (including phenoxy) is 1. The van der Waals surface area contributed by atoms with E-state index in [1.165, 1.54) is 12.8 Å². The molecule has 0 atom stereocenters. The Labute approximate surface area is 157 Å². The summed E-state index contributed by atoms with van der Waals surface area (Å²) in [5, 5.41) is 12.2. The van der Waals surface area contributed by atoms with E-state index in [9.17, 15) is 4.79 Å². The van der Waals surface area contributed by atoms with Crippen LogP contribution in [-0.2, 0) is 24.2 Å². The summed E-state index contributed by atoms with van der Waals surface area (Å²) in [6.45, 7) is 1.76. The molecule has 7 heteroatoms. The van der Waals surface area contributed by atoms with Crippen LogP contribution in [0.5, 0.6) is 5.75 Å². The molecule has 0 saturated heterocycles. The number of rotatable bonds is 4. The lowest BCUT2D eigenvalue weighted by Crippen LogP contribution is -2.30. The quantitative estimate of drug-likeness (QED) is 0.896. The van der Waals surface area contributed by atoms with Crippen molar-refractivity contribution in [2.75, 3.05) is 13.2 Å². The number of hydrogen-bond donors (Lipinski definition) is 1. The molecule has 1 aromatic heterocycles. The normalized spacial score (nSPS) is 16.0. The molecule has 6 nitrogen and oxygen atoms in total. The van der Waals surface area contributed by atoms with Gasteiger partial charge in [-0.25, -0.2) is 0 Å². The van der Waals surface area contributed by atoms with Gasteiger partial charge >= 0.3 is 0 Å². The van der Waals surface area contributed by atoms with E-state index in [0.717, 1.165) is 42.3 Å². The van der Waals surface area contributed by atoms with Crippen LogP contribution in [0.4, 0.5) is 0 Å². The Morgan fingerprint density at radius 1 is 1.27 bits per heavy atom. The van der Waals surface area contributed by atoms with Gasteiger partial charge < -0.3 is 14.6 Å². The topological polar surface area (TPSA) is 69.0 Å². The average molecular weight is 373 g/mol. The van der Waals surface area contributed by atoms with Crippen molar-refractivity contribution in [3.05, 3.63) is 46.0 Å². The summed E-state index contributed by atoms with van der Waals surface area (Å²) in [6.07, 6.45) is 7.08. The molecule has 3 heterocycles. The van der Waals surface area contributed by atoms with Gasteiger partial charge in [0.1, 0.15) is 24.0 Å². The number of fused-ring (bicyclic) bond motifs is 2. The lowest BCUT2D eigenvalue weighted by Gasteiger charge is -2.17. The Balaban J connectivity index is 1.37. The van der Waals surface area contributed by atoms with Crippen molar-refractivity contribution in [2.45, 2.75) is 38.6 Å². The number of nitrogens with zero attached hydrogens (tertiary/aromatic N) is 3. The molecule has 136 valence electrons. The third kappa shape index (κ3) is 3.60. The predicted molar refractivity (Wildman–Crippen MR) is 99.2 cm³/mol. The fourth-order valence-corrected chi connectivity index (χ4v) is 3.59. The summed E-state index contributed by atoms with van der Waals surface area (Å²) >= 11 is 6.01. The van der Waals surface area contributed by atoms with Crippen LogP contribution in [0.3, 0.4) is 0 Å². The number of carbonyl (C=O) groups is 1. The largest absolute Gasteiger partial charge is 0.488 e. The zero-order valence-electron chi connectivity index (χ0n) is 14.5. The third-order valence-electron chi connectivity index (χ3n) is 4.80.